The van der Waals surface area contributed by atoms with Gasteiger partial charge in [-0.25, -0.2) is 4.79 Å². The molecule has 1 amide bonds. The molecule has 1 heterocycles. The lowest BCUT2D eigenvalue weighted by Gasteiger charge is -2.19. The minimum atomic E-state index is -1.37. The number of hydrogen-bond donors (Lipinski definition) is 2. The van der Waals surface area contributed by atoms with Gasteiger partial charge in [0.25, 0.3) is 5.91 Å². The molecule has 0 saturated heterocycles. The summed E-state index contributed by atoms with van der Waals surface area (Å²) in [5.74, 6) is -1.66. The van der Waals surface area contributed by atoms with E-state index in [0.29, 0.717) is 16.0 Å². The molecule has 2 N–H and O–H groups in total. The van der Waals surface area contributed by atoms with Gasteiger partial charge in [0.05, 0.1) is 0 Å². The molecule has 19 heavy (non-hydrogen) atoms. The Bertz CT molecular complexity index is 660. The maximum absolute atomic E-state index is 11.9. The third-order valence-corrected chi connectivity index (χ3v) is 2.90. The first-order valence-electron chi connectivity index (χ1n) is 5.54. The normalized spacial score (nSPS) is 11.5. The fourth-order valence-electron chi connectivity index (χ4n) is 1.53. The Kier molecular flexibility index (Phi) is 3.24. The van der Waals surface area contributed by atoms with E-state index in [4.69, 9.17) is 21.1 Å². The zero-order valence-electron chi connectivity index (χ0n) is 10.4. The Morgan fingerprint density at radius 3 is 2.63 bits per heavy atom. The number of furan rings is 1. The molecule has 2 rings (SSSR count). The highest BCUT2D eigenvalue weighted by molar-refractivity contribution is 6.31. The van der Waals surface area contributed by atoms with Gasteiger partial charge < -0.3 is 14.8 Å². The van der Waals surface area contributed by atoms with Crippen molar-refractivity contribution in [1.29, 1.82) is 0 Å². The van der Waals surface area contributed by atoms with Gasteiger partial charge in [0.15, 0.2) is 5.76 Å². The molecule has 0 radical (unpaired) electrons. The van der Waals surface area contributed by atoms with E-state index >= 15 is 0 Å². The van der Waals surface area contributed by atoms with Crippen molar-refractivity contribution >= 4 is 34.4 Å². The van der Waals surface area contributed by atoms with Crippen LogP contribution in [0, 0.1) is 0 Å². The molecule has 0 unspecified atom stereocenters. The van der Waals surface area contributed by atoms with Crippen LogP contribution in [0.25, 0.3) is 11.0 Å². The van der Waals surface area contributed by atoms with Gasteiger partial charge in [-0.2, -0.15) is 0 Å². The number of carboxylic acids is 1. The highest BCUT2D eigenvalue weighted by Gasteiger charge is 2.30. The van der Waals surface area contributed by atoms with Gasteiger partial charge in [-0.15, -0.1) is 0 Å². The number of benzene rings is 1. The monoisotopic (exact) mass is 281 g/mol. The number of hydrogen-bond acceptors (Lipinski definition) is 3. The van der Waals surface area contributed by atoms with Crippen LogP contribution in [0.4, 0.5) is 0 Å². The minimum Gasteiger partial charge on any atom is -0.480 e. The van der Waals surface area contributed by atoms with Crippen molar-refractivity contribution in [3.63, 3.8) is 0 Å². The van der Waals surface area contributed by atoms with Gasteiger partial charge in [0.1, 0.15) is 11.1 Å². The van der Waals surface area contributed by atoms with Crippen molar-refractivity contribution in [2.24, 2.45) is 0 Å². The summed E-state index contributed by atoms with van der Waals surface area (Å²) in [5, 5.41) is 12.6. The Morgan fingerprint density at radius 1 is 1.32 bits per heavy atom. The van der Waals surface area contributed by atoms with Crippen molar-refractivity contribution in [1.82, 2.24) is 5.32 Å². The van der Waals surface area contributed by atoms with Crippen LogP contribution in [0.2, 0.25) is 5.02 Å². The van der Waals surface area contributed by atoms with Gasteiger partial charge in [-0.3, -0.25) is 4.79 Å². The molecule has 6 heteroatoms. The molecule has 1 aromatic carbocycles. The first-order valence-corrected chi connectivity index (χ1v) is 5.92. The van der Waals surface area contributed by atoms with Crippen LogP contribution in [0.5, 0.6) is 0 Å². The van der Waals surface area contributed by atoms with Crippen molar-refractivity contribution in [3.05, 3.63) is 35.0 Å². The van der Waals surface area contributed by atoms with Crippen LogP contribution in [0.3, 0.4) is 0 Å². The molecule has 1 aromatic heterocycles. The Labute approximate surface area is 114 Å². The van der Waals surface area contributed by atoms with Crippen LogP contribution < -0.4 is 5.32 Å². The summed E-state index contributed by atoms with van der Waals surface area (Å²) >= 11 is 5.84. The molecule has 0 aliphatic rings. The topological polar surface area (TPSA) is 79.5 Å². The smallest absolute Gasteiger partial charge is 0.328 e. The van der Waals surface area contributed by atoms with E-state index in [-0.39, 0.29) is 5.76 Å². The van der Waals surface area contributed by atoms with E-state index in [1.54, 1.807) is 18.2 Å². The van der Waals surface area contributed by atoms with Crippen molar-refractivity contribution < 1.29 is 19.1 Å². The number of carbonyl (C=O) groups is 2. The van der Waals surface area contributed by atoms with Crippen molar-refractivity contribution in [3.8, 4) is 0 Å². The number of rotatable bonds is 3. The van der Waals surface area contributed by atoms with Crippen LogP contribution >= 0.6 is 11.6 Å². The molecule has 0 fully saturated rings. The van der Waals surface area contributed by atoms with Gasteiger partial charge in [0, 0.05) is 10.4 Å². The number of halogens is 1. The number of carbonyl (C=O) groups excluding carboxylic acids is 1. The lowest BCUT2D eigenvalue weighted by molar-refractivity contribution is -0.143. The molecule has 0 atom stereocenters. The summed E-state index contributed by atoms with van der Waals surface area (Å²) in [6, 6.07) is 6.49. The summed E-state index contributed by atoms with van der Waals surface area (Å²) in [6.45, 7) is 2.79. The standard InChI is InChI=1S/C13H12ClNO4/c1-13(2,12(17)18)15-11(16)10-6-7-5-8(14)3-4-9(7)19-10/h3-6H,1-2H3,(H,15,16)(H,17,18). The Morgan fingerprint density at radius 2 is 2.00 bits per heavy atom. The quantitative estimate of drug-likeness (QED) is 0.906. The van der Waals surface area contributed by atoms with E-state index < -0.39 is 17.4 Å². The highest BCUT2D eigenvalue weighted by atomic mass is 35.5. The molecular weight excluding hydrogens is 270 g/mol. The van der Waals surface area contributed by atoms with Crippen molar-refractivity contribution in [2.75, 3.05) is 0 Å². The lowest BCUT2D eigenvalue weighted by atomic mass is 10.1. The maximum Gasteiger partial charge on any atom is 0.328 e. The molecule has 0 aliphatic carbocycles. The summed E-state index contributed by atoms with van der Waals surface area (Å²) in [4.78, 5) is 22.9. The summed E-state index contributed by atoms with van der Waals surface area (Å²) in [5.41, 5.74) is -0.851. The largest absolute Gasteiger partial charge is 0.480 e. The average molecular weight is 282 g/mol. The fraction of sp³-hybridized carbons (Fsp3) is 0.231. The maximum atomic E-state index is 11.9. The molecule has 0 spiro atoms. The zero-order chi connectivity index (χ0) is 14.2. The molecule has 0 bridgehead atoms. The SMILES string of the molecule is CC(C)(NC(=O)c1cc2cc(Cl)ccc2o1)C(=O)O. The molecule has 2 aromatic rings. The van der Waals surface area contributed by atoms with Gasteiger partial charge in [-0.1, -0.05) is 11.6 Å². The third kappa shape index (κ3) is 2.71. The predicted molar refractivity (Wildman–Crippen MR) is 70.4 cm³/mol. The van der Waals surface area contributed by atoms with E-state index in [0.717, 1.165) is 0 Å². The number of aliphatic carboxylic acids is 1. The molecule has 0 saturated carbocycles. The average Bonchev–Trinajstić information content (AvgIpc) is 2.71. The second-order valence-corrected chi connectivity index (χ2v) is 5.11. The zero-order valence-corrected chi connectivity index (χ0v) is 11.1. The van der Waals surface area contributed by atoms with Crippen LogP contribution in [0.15, 0.2) is 28.7 Å². The fourth-order valence-corrected chi connectivity index (χ4v) is 1.71. The first-order chi connectivity index (χ1) is 8.79. The predicted octanol–water partition coefficient (Wildman–Crippen LogP) is 2.68. The Hall–Kier alpha value is -2.01. The molecular formula is C13H12ClNO4. The summed E-state index contributed by atoms with van der Waals surface area (Å²) < 4.78 is 5.35. The molecule has 100 valence electrons. The van der Waals surface area contributed by atoms with Crippen LogP contribution in [-0.4, -0.2) is 22.5 Å². The van der Waals surface area contributed by atoms with E-state index in [1.807, 2.05) is 0 Å². The number of fused-ring (bicyclic) bond motifs is 1. The summed E-state index contributed by atoms with van der Waals surface area (Å²) in [7, 11) is 0. The Balaban J connectivity index is 2.29. The highest BCUT2D eigenvalue weighted by Crippen LogP contribution is 2.23. The van der Waals surface area contributed by atoms with Gasteiger partial charge in [-0.05, 0) is 38.1 Å². The minimum absolute atomic E-state index is 0.0478. The van der Waals surface area contributed by atoms with Gasteiger partial charge in [0.2, 0.25) is 0 Å². The van der Waals surface area contributed by atoms with Crippen LogP contribution in [-0.2, 0) is 4.79 Å². The van der Waals surface area contributed by atoms with E-state index in [9.17, 15) is 9.59 Å². The number of nitrogens with one attached hydrogen (secondary N) is 1. The second kappa shape index (κ2) is 4.59. The van der Waals surface area contributed by atoms with E-state index in [2.05, 4.69) is 5.32 Å². The summed E-state index contributed by atoms with van der Waals surface area (Å²) in [6.07, 6.45) is 0. The van der Waals surface area contributed by atoms with E-state index in [1.165, 1.54) is 19.9 Å². The lowest BCUT2D eigenvalue weighted by Crippen LogP contribution is -2.49. The van der Waals surface area contributed by atoms with Crippen LogP contribution in [0.1, 0.15) is 24.4 Å². The number of carboxylic acid groups (broad SMARTS) is 1. The molecule has 5 nitrogen and oxygen atoms in total. The molecule has 0 aliphatic heterocycles. The third-order valence-electron chi connectivity index (χ3n) is 2.66. The second-order valence-electron chi connectivity index (χ2n) is 4.68. The first kappa shape index (κ1) is 13.4. The van der Waals surface area contributed by atoms with Gasteiger partial charge >= 0.3 is 5.97 Å². The van der Waals surface area contributed by atoms with Crippen molar-refractivity contribution in [2.45, 2.75) is 19.4 Å². The number of amides is 1.